The molecule has 1 aromatic rings. The topological polar surface area (TPSA) is 68.5 Å². The van der Waals surface area contributed by atoms with Crippen LogP contribution in [-0.2, 0) is 11.2 Å². The van der Waals surface area contributed by atoms with Crippen LogP contribution in [0.1, 0.15) is 64.6 Å². The Hall–Kier alpha value is -1.59. The molecule has 0 radical (unpaired) electrons. The molecule has 1 aliphatic carbocycles. The SMILES string of the molecule is C[C@H]1C[C@@H]1c1noc(CC2CCN(C(=O)OC(C)(C)C)CC2)n1. The number of rotatable bonds is 3. The molecule has 2 aliphatic rings. The van der Waals surface area contributed by atoms with Crippen LogP contribution >= 0.6 is 0 Å². The van der Waals surface area contributed by atoms with E-state index in [9.17, 15) is 4.79 Å². The molecule has 128 valence electrons. The third-order valence-corrected chi connectivity index (χ3v) is 4.65. The Morgan fingerprint density at radius 3 is 2.57 bits per heavy atom. The van der Waals surface area contributed by atoms with Crippen molar-refractivity contribution in [2.45, 2.75) is 64.9 Å². The molecule has 0 unspecified atom stereocenters. The van der Waals surface area contributed by atoms with Gasteiger partial charge in [-0.1, -0.05) is 12.1 Å². The zero-order valence-corrected chi connectivity index (χ0v) is 14.5. The lowest BCUT2D eigenvalue weighted by Gasteiger charge is -2.33. The van der Waals surface area contributed by atoms with Crippen LogP contribution in [-0.4, -0.2) is 39.8 Å². The van der Waals surface area contributed by atoms with Crippen LogP contribution in [0.5, 0.6) is 0 Å². The highest BCUT2D eigenvalue weighted by atomic mass is 16.6. The summed E-state index contributed by atoms with van der Waals surface area (Å²) < 4.78 is 10.8. The molecular weight excluding hydrogens is 294 g/mol. The predicted octanol–water partition coefficient (Wildman–Crippen LogP) is 3.38. The second-order valence-corrected chi connectivity index (χ2v) is 7.98. The highest BCUT2D eigenvalue weighted by molar-refractivity contribution is 5.68. The molecule has 0 N–H and O–H groups in total. The second kappa shape index (κ2) is 6.13. The summed E-state index contributed by atoms with van der Waals surface area (Å²) in [6.07, 6.45) is 3.69. The average molecular weight is 321 g/mol. The van der Waals surface area contributed by atoms with Gasteiger partial charge in [0.2, 0.25) is 5.89 Å². The summed E-state index contributed by atoms with van der Waals surface area (Å²) in [6.45, 7) is 9.37. The molecule has 1 amide bonds. The third-order valence-electron chi connectivity index (χ3n) is 4.65. The standard InChI is InChI=1S/C17H27N3O3/c1-11-9-13(11)15-18-14(23-19-15)10-12-5-7-20(8-6-12)16(21)22-17(2,3)4/h11-13H,5-10H2,1-4H3/t11-,13-/m0/s1. The zero-order chi connectivity index (χ0) is 16.6. The van der Waals surface area contributed by atoms with Crippen LogP contribution in [0.3, 0.4) is 0 Å². The first-order valence-corrected chi connectivity index (χ1v) is 8.62. The molecule has 2 heterocycles. The number of carbonyl (C=O) groups excluding carboxylic acids is 1. The number of aromatic nitrogens is 2. The number of likely N-dealkylation sites (tertiary alicyclic amines) is 1. The second-order valence-electron chi connectivity index (χ2n) is 7.98. The van der Waals surface area contributed by atoms with Crippen molar-refractivity contribution in [2.75, 3.05) is 13.1 Å². The van der Waals surface area contributed by atoms with Gasteiger partial charge in [-0.3, -0.25) is 0 Å². The van der Waals surface area contributed by atoms with Crippen LogP contribution in [0.15, 0.2) is 4.52 Å². The van der Waals surface area contributed by atoms with Gasteiger partial charge in [0.15, 0.2) is 5.82 Å². The largest absolute Gasteiger partial charge is 0.444 e. The summed E-state index contributed by atoms with van der Waals surface area (Å²) in [5.41, 5.74) is -0.436. The summed E-state index contributed by atoms with van der Waals surface area (Å²) in [4.78, 5) is 18.4. The van der Waals surface area contributed by atoms with Gasteiger partial charge in [-0.2, -0.15) is 4.98 Å². The van der Waals surface area contributed by atoms with Crippen LogP contribution in [0, 0.1) is 11.8 Å². The quantitative estimate of drug-likeness (QED) is 0.853. The molecule has 1 saturated heterocycles. The van der Waals surface area contributed by atoms with Gasteiger partial charge in [0.1, 0.15) is 5.60 Å². The van der Waals surface area contributed by atoms with E-state index in [1.165, 1.54) is 6.42 Å². The summed E-state index contributed by atoms with van der Waals surface area (Å²) in [7, 11) is 0. The van der Waals surface area contributed by atoms with Crippen LogP contribution in [0.4, 0.5) is 4.79 Å². The van der Waals surface area contributed by atoms with Gasteiger partial charge in [-0.25, -0.2) is 4.79 Å². The van der Waals surface area contributed by atoms with Crippen molar-refractivity contribution in [3.63, 3.8) is 0 Å². The fraction of sp³-hybridized carbons (Fsp3) is 0.824. The lowest BCUT2D eigenvalue weighted by atomic mass is 9.94. The minimum Gasteiger partial charge on any atom is -0.444 e. The zero-order valence-electron chi connectivity index (χ0n) is 14.5. The van der Waals surface area contributed by atoms with Crippen molar-refractivity contribution >= 4 is 6.09 Å². The molecule has 3 rings (SSSR count). The van der Waals surface area contributed by atoms with Gasteiger partial charge in [-0.05, 0) is 51.9 Å². The van der Waals surface area contributed by atoms with Crippen LogP contribution in [0.25, 0.3) is 0 Å². The lowest BCUT2D eigenvalue weighted by Crippen LogP contribution is -2.42. The van der Waals surface area contributed by atoms with Crippen molar-refractivity contribution in [1.82, 2.24) is 15.0 Å². The number of nitrogens with zero attached hydrogens (tertiary/aromatic N) is 3. The summed E-state index contributed by atoms with van der Waals surface area (Å²) in [5.74, 6) is 3.31. The van der Waals surface area contributed by atoms with Gasteiger partial charge < -0.3 is 14.2 Å². The van der Waals surface area contributed by atoms with E-state index < -0.39 is 5.60 Å². The lowest BCUT2D eigenvalue weighted by molar-refractivity contribution is 0.0182. The Morgan fingerprint density at radius 2 is 2.00 bits per heavy atom. The molecule has 6 nitrogen and oxygen atoms in total. The van der Waals surface area contributed by atoms with E-state index in [4.69, 9.17) is 9.26 Å². The van der Waals surface area contributed by atoms with E-state index in [0.29, 0.717) is 17.8 Å². The van der Waals surface area contributed by atoms with Crippen molar-refractivity contribution in [2.24, 2.45) is 11.8 Å². The Morgan fingerprint density at radius 1 is 1.35 bits per heavy atom. The van der Waals surface area contributed by atoms with Crippen LogP contribution in [0.2, 0.25) is 0 Å². The molecule has 2 fully saturated rings. The molecule has 2 atom stereocenters. The number of piperidine rings is 1. The number of amides is 1. The van der Waals surface area contributed by atoms with E-state index in [2.05, 4.69) is 17.1 Å². The molecule has 1 saturated carbocycles. The minimum atomic E-state index is -0.436. The molecule has 23 heavy (non-hydrogen) atoms. The van der Waals surface area contributed by atoms with Gasteiger partial charge in [0.25, 0.3) is 0 Å². The summed E-state index contributed by atoms with van der Waals surface area (Å²) in [5, 5.41) is 4.11. The van der Waals surface area contributed by atoms with Crippen molar-refractivity contribution < 1.29 is 14.1 Å². The number of carbonyl (C=O) groups is 1. The van der Waals surface area contributed by atoms with E-state index >= 15 is 0 Å². The molecule has 0 aromatic carbocycles. The molecule has 0 bridgehead atoms. The highest BCUT2D eigenvalue weighted by Crippen LogP contribution is 2.45. The fourth-order valence-corrected chi connectivity index (χ4v) is 3.08. The first kappa shape index (κ1) is 16.3. The van der Waals surface area contributed by atoms with E-state index in [0.717, 1.165) is 44.1 Å². The first-order valence-electron chi connectivity index (χ1n) is 8.62. The van der Waals surface area contributed by atoms with E-state index in [1.807, 2.05) is 20.8 Å². The Bertz CT molecular complexity index is 556. The summed E-state index contributed by atoms with van der Waals surface area (Å²) >= 11 is 0. The molecule has 6 heteroatoms. The monoisotopic (exact) mass is 321 g/mol. The van der Waals surface area contributed by atoms with Crippen molar-refractivity contribution in [1.29, 1.82) is 0 Å². The molecule has 1 aromatic heterocycles. The first-order chi connectivity index (χ1) is 10.8. The number of ether oxygens (including phenoxy) is 1. The number of hydrogen-bond donors (Lipinski definition) is 0. The Labute approximate surface area is 137 Å². The predicted molar refractivity (Wildman–Crippen MR) is 85.1 cm³/mol. The Balaban J connectivity index is 1.46. The van der Waals surface area contributed by atoms with Crippen LogP contribution < -0.4 is 0 Å². The van der Waals surface area contributed by atoms with Gasteiger partial charge in [-0.15, -0.1) is 0 Å². The van der Waals surface area contributed by atoms with E-state index in [-0.39, 0.29) is 6.09 Å². The third kappa shape index (κ3) is 4.24. The maximum Gasteiger partial charge on any atom is 0.410 e. The molecule has 0 spiro atoms. The number of hydrogen-bond acceptors (Lipinski definition) is 5. The van der Waals surface area contributed by atoms with Crippen molar-refractivity contribution in [3.05, 3.63) is 11.7 Å². The normalized spacial score (nSPS) is 25.5. The average Bonchev–Trinajstić information content (AvgIpc) is 3.01. The fourth-order valence-electron chi connectivity index (χ4n) is 3.08. The van der Waals surface area contributed by atoms with Gasteiger partial charge >= 0.3 is 6.09 Å². The summed E-state index contributed by atoms with van der Waals surface area (Å²) in [6, 6.07) is 0. The van der Waals surface area contributed by atoms with Crippen molar-refractivity contribution in [3.8, 4) is 0 Å². The Kier molecular flexibility index (Phi) is 4.34. The molecular formula is C17H27N3O3. The smallest absolute Gasteiger partial charge is 0.410 e. The molecule has 1 aliphatic heterocycles. The van der Waals surface area contributed by atoms with Gasteiger partial charge in [0, 0.05) is 25.4 Å². The maximum absolute atomic E-state index is 12.1. The van der Waals surface area contributed by atoms with E-state index in [1.54, 1.807) is 4.90 Å². The highest BCUT2D eigenvalue weighted by Gasteiger charge is 2.38. The maximum atomic E-state index is 12.1. The van der Waals surface area contributed by atoms with Gasteiger partial charge in [0.05, 0.1) is 0 Å². The minimum absolute atomic E-state index is 0.209.